The minimum Gasteiger partial charge on any atom is -0.245 e. The van der Waals surface area contributed by atoms with Crippen molar-refractivity contribution in [1.29, 1.82) is 0 Å². The number of rotatable bonds is 6. The molecule has 0 atom stereocenters. The molecule has 156 valence electrons. The van der Waals surface area contributed by atoms with Crippen LogP contribution in [-0.4, -0.2) is 25.6 Å². The summed E-state index contributed by atoms with van der Waals surface area (Å²) in [5.41, 5.74) is 10.2. The summed E-state index contributed by atoms with van der Waals surface area (Å²) in [5, 5.41) is 14.0. The summed E-state index contributed by atoms with van der Waals surface area (Å²) in [6.45, 7) is 2.21. The van der Waals surface area contributed by atoms with E-state index in [9.17, 15) is 0 Å². The van der Waals surface area contributed by atoms with Gasteiger partial charge in [0, 0.05) is 0 Å². The molecule has 5 rings (SSSR count). The Morgan fingerprint density at radius 3 is 2.47 bits per heavy atom. The zero-order valence-corrected chi connectivity index (χ0v) is 18.4. The molecular weight excluding hydrogens is 414 g/mol. The molecule has 3 aromatic carbocycles. The summed E-state index contributed by atoms with van der Waals surface area (Å²) in [6.07, 6.45) is 4.75. The number of hydrogen-bond donors (Lipinski definition) is 1. The molecule has 0 spiro atoms. The van der Waals surface area contributed by atoms with E-state index in [0.717, 1.165) is 17.5 Å². The first-order valence-electron chi connectivity index (χ1n) is 10.5. The molecule has 0 amide bonds. The van der Waals surface area contributed by atoms with E-state index in [-0.39, 0.29) is 0 Å². The van der Waals surface area contributed by atoms with Crippen molar-refractivity contribution in [2.45, 2.75) is 13.3 Å². The largest absolute Gasteiger partial charge is 0.245 e. The lowest BCUT2D eigenvalue weighted by atomic mass is 9.88. The molecule has 0 bridgehead atoms. The molecule has 0 saturated carbocycles. The zero-order valence-electron chi connectivity index (χ0n) is 17.6. The lowest BCUT2D eigenvalue weighted by Gasteiger charge is -2.16. The van der Waals surface area contributed by atoms with E-state index < -0.39 is 0 Å². The number of fused-ring (bicyclic) bond motifs is 1. The summed E-state index contributed by atoms with van der Waals surface area (Å²) in [7, 11) is 0. The maximum Gasteiger partial charge on any atom is 0.197 e. The van der Waals surface area contributed by atoms with Gasteiger partial charge in [0.1, 0.15) is 0 Å². The summed E-state index contributed by atoms with van der Waals surface area (Å²) in [4.78, 5) is 4.54. The second kappa shape index (κ2) is 9.08. The van der Waals surface area contributed by atoms with Crippen LogP contribution in [0.5, 0.6) is 0 Å². The molecule has 0 saturated heterocycles. The normalized spacial score (nSPS) is 12.4. The number of nitrogens with one attached hydrogen (secondary N) is 1. The zero-order chi connectivity index (χ0) is 21.8. The summed E-state index contributed by atoms with van der Waals surface area (Å²) < 4.78 is 1.20. The molecule has 5 nitrogen and oxygen atoms in total. The summed E-state index contributed by atoms with van der Waals surface area (Å²) in [6, 6.07) is 25.8. The third-order valence-corrected chi connectivity index (χ3v) is 6.19. The van der Waals surface area contributed by atoms with Crippen LogP contribution in [-0.2, 0) is 0 Å². The highest BCUT2D eigenvalue weighted by Gasteiger charge is 2.14. The molecule has 0 unspecified atom stereocenters. The van der Waals surface area contributed by atoms with Gasteiger partial charge < -0.3 is 0 Å². The molecule has 1 N–H and O–H groups in total. The van der Waals surface area contributed by atoms with Crippen LogP contribution in [0.2, 0.25) is 0 Å². The Hall–Kier alpha value is -3.90. The summed E-state index contributed by atoms with van der Waals surface area (Å²) in [5.74, 6) is 0.559. The Morgan fingerprint density at radius 1 is 0.906 bits per heavy atom. The number of hydrogen-bond acceptors (Lipinski definition) is 5. The second-order valence-electron chi connectivity index (χ2n) is 7.33. The molecule has 32 heavy (non-hydrogen) atoms. The van der Waals surface area contributed by atoms with Crippen molar-refractivity contribution in [3.05, 3.63) is 106 Å². The van der Waals surface area contributed by atoms with E-state index >= 15 is 0 Å². The molecule has 5 aromatic rings. The molecule has 0 aliphatic heterocycles. The number of tetrazole rings is 1. The van der Waals surface area contributed by atoms with Gasteiger partial charge in [-0.15, -0.1) is 21.5 Å². The monoisotopic (exact) mass is 435 g/mol. The maximum absolute atomic E-state index is 4.54. The standard InChI is InChI=1S/C26H21N5S/c1-2-22(19-6-4-3-5-7-19)26(21-13-14-24-23(16-21)27-17-32-24)20-11-8-18(9-12-20)10-15-25-28-30-31-29-25/h3-17H,2H2,1H3,(H,28,29,30,31)/b15-10+,26-22+. The fraction of sp³-hybridized carbons (Fsp3) is 0.0769. The van der Waals surface area contributed by atoms with Gasteiger partial charge in [-0.05, 0) is 63.2 Å². The smallest absolute Gasteiger partial charge is 0.197 e. The van der Waals surface area contributed by atoms with Crippen LogP contribution in [0.1, 0.15) is 41.4 Å². The molecule has 0 aliphatic carbocycles. The van der Waals surface area contributed by atoms with Crippen LogP contribution in [0.3, 0.4) is 0 Å². The predicted molar refractivity (Wildman–Crippen MR) is 132 cm³/mol. The first kappa shape index (κ1) is 20.0. The van der Waals surface area contributed by atoms with E-state index in [0.29, 0.717) is 5.82 Å². The Labute approximate surface area is 190 Å². The summed E-state index contributed by atoms with van der Waals surface area (Å²) >= 11 is 1.67. The quantitative estimate of drug-likeness (QED) is 0.316. The molecule has 0 fully saturated rings. The molecule has 2 aromatic heterocycles. The molecule has 6 heteroatoms. The van der Waals surface area contributed by atoms with E-state index in [1.807, 2.05) is 17.7 Å². The van der Waals surface area contributed by atoms with Crippen molar-refractivity contribution in [1.82, 2.24) is 25.6 Å². The number of aromatic nitrogens is 5. The minimum absolute atomic E-state index is 0.559. The van der Waals surface area contributed by atoms with Crippen molar-refractivity contribution < 1.29 is 0 Å². The van der Waals surface area contributed by atoms with E-state index in [1.54, 1.807) is 11.3 Å². The highest BCUT2D eigenvalue weighted by molar-refractivity contribution is 7.16. The van der Waals surface area contributed by atoms with Gasteiger partial charge in [0.15, 0.2) is 5.82 Å². The molecule has 2 heterocycles. The first-order chi connectivity index (χ1) is 15.8. The van der Waals surface area contributed by atoms with Crippen molar-refractivity contribution >= 4 is 44.9 Å². The van der Waals surface area contributed by atoms with Crippen LogP contribution in [0.25, 0.3) is 33.5 Å². The van der Waals surface area contributed by atoms with Crippen LogP contribution < -0.4 is 0 Å². The lowest BCUT2D eigenvalue weighted by Crippen LogP contribution is -1.95. The SMILES string of the molecule is CC/C(=C(/c1ccc(/C=C/c2nn[nH]n2)cc1)c1ccc2scnc2c1)c1ccccc1. The fourth-order valence-electron chi connectivity index (χ4n) is 3.86. The number of thiazole rings is 1. The number of nitrogens with zero attached hydrogens (tertiary/aromatic N) is 4. The van der Waals surface area contributed by atoms with Crippen molar-refractivity contribution in [3.8, 4) is 0 Å². The Balaban J connectivity index is 1.62. The van der Waals surface area contributed by atoms with Gasteiger partial charge in [0.05, 0.1) is 15.7 Å². The van der Waals surface area contributed by atoms with Gasteiger partial charge in [0.2, 0.25) is 0 Å². The number of aromatic amines is 1. The van der Waals surface area contributed by atoms with Gasteiger partial charge >= 0.3 is 0 Å². The van der Waals surface area contributed by atoms with E-state index in [1.165, 1.54) is 32.5 Å². The van der Waals surface area contributed by atoms with Crippen molar-refractivity contribution in [2.24, 2.45) is 0 Å². The first-order valence-corrected chi connectivity index (χ1v) is 11.3. The fourth-order valence-corrected chi connectivity index (χ4v) is 4.52. The average Bonchev–Trinajstić information content (AvgIpc) is 3.54. The number of H-pyrrole nitrogens is 1. The van der Waals surface area contributed by atoms with E-state index in [2.05, 4.69) is 105 Å². The van der Waals surface area contributed by atoms with Gasteiger partial charge in [0.25, 0.3) is 0 Å². The average molecular weight is 436 g/mol. The van der Waals surface area contributed by atoms with Gasteiger partial charge in [-0.25, -0.2) is 4.98 Å². The van der Waals surface area contributed by atoms with Crippen LogP contribution >= 0.6 is 11.3 Å². The van der Waals surface area contributed by atoms with Crippen LogP contribution in [0.4, 0.5) is 0 Å². The highest BCUT2D eigenvalue weighted by atomic mass is 32.1. The number of benzene rings is 3. The van der Waals surface area contributed by atoms with Crippen molar-refractivity contribution in [3.63, 3.8) is 0 Å². The molecular formula is C26H21N5S. The number of allylic oxidation sites excluding steroid dienone is 1. The highest BCUT2D eigenvalue weighted by Crippen LogP contribution is 2.36. The maximum atomic E-state index is 4.54. The third-order valence-electron chi connectivity index (χ3n) is 5.38. The molecule has 0 radical (unpaired) electrons. The predicted octanol–water partition coefficient (Wildman–Crippen LogP) is 6.35. The third kappa shape index (κ3) is 4.13. The topological polar surface area (TPSA) is 67.3 Å². The van der Waals surface area contributed by atoms with Gasteiger partial charge in [-0.1, -0.05) is 73.7 Å². The Kier molecular flexibility index (Phi) is 5.68. The molecule has 0 aliphatic rings. The second-order valence-corrected chi connectivity index (χ2v) is 8.22. The van der Waals surface area contributed by atoms with Gasteiger partial charge in [-0.2, -0.15) is 5.21 Å². The van der Waals surface area contributed by atoms with E-state index in [4.69, 9.17) is 0 Å². The lowest BCUT2D eigenvalue weighted by molar-refractivity contribution is 0.881. The van der Waals surface area contributed by atoms with Crippen LogP contribution in [0.15, 0.2) is 78.3 Å². The Morgan fingerprint density at radius 2 is 1.72 bits per heavy atom. The Bertz CT molecular complexity index is 1380. The minimum atomic E-state index is 0.559. The van der Waals surface area contributed by atoms with Crippen molar-refractivity contribution in [2.75, 3.05) is 0 Å². The van der Waals surface area contributed by atoms with Crippen LogP contribution in [0, 0.1) is 0 Å². The van der Waals surface area contributed by atoms with Gasteiger partial charge in [-0.3, -0.25) is 0 Å².